The van der Waals surface area contributed by atoms with E-state index in [9.17, 15) is 23.3 Å². The molecule has 1 N–H and O–H groups in total. The third-order valence-electron chi connectivity index (χ3n) is 4.20. The van der Waals surface area contributed by atoms with Gasteiger partial charge in [-0.2, -0.15) is 5.10 Å². The Morgan fingerprint density at radius 1 is 1.06 bits per heavy atom. The van der Waals surface area contributed by atoms with E-state index in [1.54, 1.807) is 36.4 Å². The molecule has 0 aromatic heterocycles. The van der Waals surface area contributed by atoms with Gasteiger partial charge in [-0.1, -0.05) is 52.3 Å². The second-order valence-corrected chi connectivity index (χ2v) is 9.23. The quantitative estimate of drug-likeness (QED) is 0.277. The maximum atomic E-state index is 13.2. The Hall–Kier alpha value is -3.57. The first-order valence-electron chi connectivity index (χ1n) is 9.17. The molecule has 1 amide bonds. The highest BCUT2D eigenvalue weighted by Crippen LogP contribution is 2.26. The summed E-state index contributed by atoms with van der Waals surface area (Å²) in [7, 11) is -4.18. The Morgan fingerprint density at radius 2 is 1.78 bits per heavy atom. The molecule has 0 radical (unpaired) electrons. The second kappa shape index (κ2) is 10.2. The molecular formula is C21H17BrN4O5S. The van der Waals surface area contributed by atoms with Gasteiger partial charge in [0.25, 0.3) is 21.6 Å². The first kappa shape index (κ1) is 23.1. The maximum absolute atomic E-state index is 13.2. The number of amides is 1. The maximum Gasteiger partial charge on any atom is 0.271 e. The van der Waals surface area contributed by atoms with Crippen LogP contribution in [0.1, 0.15) is 5.56 Å². The largest absolute Gasteiger partial charge is 0.271 e. The number of carbonyl (C=O) groups is 1. The third kappa shape index (κ3) is 5.77. The van der Waals surface area contributed by atoms with Crippen LogP contribution in [0.15, 0.2) is 93.3 Å². The van der Waals surface area contributed by atoms with Crippen LogP contribution in [0.25, 0.3) is 0 Å². The average Bonchev–Trinajstić information content (AvgIpc) is 2.78. The van der Waals surface area contributed by atoms with Gasteiger partial charge in [0.2, 0.25) is 0 Å². The molecule has 0 unspecified atom stereocenters. The number of nitrogens with zero attached hydrogens (tertiary/aromatic N) is 3. The average molecular weight is 517 g/mol. The van der Waals surface area contributed by atoms with Gasteiger partial charge in [0, 0.05) is 16.6 Å². The molecular weight excluding hydrogens is 500 g/mol. The number of hydrogen-bond acceptors (Lipinski definition) is 6. The zero-order valence-corrected chi connectivity index (χ0v) is 18.9. The van der Waals surface area contributed by atoms with Gasteiger partial charge in [-0.3, -0.25) is 19.2 Å². The normalized spacial score (nSPS) is 11.3. The Morgan fingerprint density at radius 3 is 2.47 bits per heavy atom. The van der Waals surface area contributed by atoms with E-state index in [1.165, 1.54) is 36.5 Å². The first-order valence-corrected chi connectivity index (χ1v) is 11.4. The van der Waals surface area contributed by atoms with E-state index in [-0.39, 0.29) is 16.3 Å². The molecule has 9 nitrogen and oxygen atoms in total. The van der Waals surface area contributed by atoms with Crippen molar-refractivity contribution in [3.05, 3.63) is 99.0 Å². The van der Waals surface area contributed by atoms with Gasteiger partial charge in [0.05, 0.1) is 21.7 Å². The Balaban J connectivity index is 1.88. The molecule has 3 aromatic carbocycles. The topological polar surface area (TPSA) is 122 Å². The molecule has 0 aliphatic carbocycles. The van der Waals surface area contributed by atoms with Crippen LogP contribution in [0, 0.1) is 10.1 Å². The number of benzene rings is 3. The van der Waals surface area contributed by atoms with Crippen LogP contribution < -0.4 is 9.73 Å². The minimum absolute atomic E-state index is 0.0193. The molecule has 164 valence electrons. The molecule has 0 bridgehead atoms. The lowest BCUT2D eigenvalue weighted by atomic mass is 10.2. The van der Waals surface area contributed by atoms with Gasteiger partial charge >= 0.3 is 0 Å². The van der Waals surface area contributed by atoms with Crippen molar-refractivity contribution < 1.29 is 18.1 Å². The van der Waals surface area contributed by atoms with E-state index in [4.69, 9.17) is 0 Å². The number of halogens is 1. The molecule has 0 aliphatic heterocycles. The zero-order chi connectivity index (χ0) is 23.1. The first-order chi connectivity index (χ1) is 15.3. The van der Waals surface area contributed by atoms with Crippen LogP contribution in [0.4, 0.5) is 11.4 Å². The van der Waals surface area contributed by atoms with Crippen molar-refractivity contribution >= 4 is 49.4 Å². The van der Waals surface area contributed by atoms with Crippen LogP contribution >= 0.6 is 15.9 Å². The molecule has 0 heterocycles. The molecule has 3 aromatic rings. The summed E-state index contributed by atoms with van der Waals surface area (Å²) in [6.07, 6.45) is 1.41. The Bertz CT molecular complexity index is 1270. The summed E-state index contributed by atoms with van der Waals surface area (Å²) in [5.74, 6) is -0.720. The lowest BCUT2D eigenvalue weighted by Crippen LogP contribution is -2.39. The SMILES string of the molecule is O=C(CN(c1cccc([N+](=O)[O-])c1)S(=O)(=O)c1ccccc1)N/N=C\c1cccc(Br)c1. The van der Waals surface area contributed by atoms with Crippen molar-refractivity contribution in [1.82, 2.24) is 5.43 Å². The van der Waals surface area contributed by atoms with Crippen LogP contribution in [0.2, 0.25) is 0 Å². The highest BCUT2D eigenvalue weighted by Gasteiger charge is 2.28. The Kier molecular flexibility index (Phi) is 7.33. The van der Waals surface area contributed by atoms with Crippen molar-refractivity contribution in [2.75, 3.05) is 10.8 Å². The lowest BCUT2D eigenvalue weighted by molar-refractivity contribution is -0.384. The molecule has 0 aliphatic rings. The predicted molar refractivity (Wildman–Crippen MR) is 124 cm³/mol. The summed E-state index contributed by atoms with van der Waals surface area (Å²) in [5.41, 5.74) is 2.68. The molecule has 3 rings (SSSR count). The van der Waals surface area contributed by atoms with Gasteiger partial charge < -0.3 is 0 Å². The summed E-state index contributed by atoms with van der Waals surface area (Å²) in [5, 5.41) is 15.0. The number of hydrazone groups is 1. The number of nitro groups is 1. The molecule has 0 saturated carbocycles. The summed E-state index contributed by atoms with van der Waals surface area (Å²) in [4.78, 5) is 23.0. The minimum atomic E-state index is -4.18. The van der Waals surface area contributed by atoms with E-state index >= 15 is 0 Å². The van der Waals surface area contributed by atoms with Crippen molar-refractivity contribution in [1.29, 1.82) is 0 Å². The van der Waals surface area contributed by atoms with E-state index in [1.807, 2.05) is 6.07 Å². The van der Waals surface area contributed by atoms with Crippen molar-refractivity contribution in [2.45, 2.75) is 4.90 Å². The van der Waals surface area contributed by atoms with Gasteiger partial charge in [0.1, 0.15) is 6.54 Å². The number of sulfonamides is 1. The van der Waals surface area contributed by atoms with Gasteiger partial charge in [0.15, 0.2) is 0 Å². The number of non-ortho nitro benzene ring substituents is 1. The predicted octanol–water partition coefficient (Wildman–Crippen LogP) is 3.70. The number of carbonyl (C=O) groups excluding carboxylic acids is 1. The van der Waals surface area contributed by atoms with E-state index < -0.39 is 27.4 Å². The van der Waals surface area contributed by atoms with E-state index in [0.717, 1.165) is 14.8 Å². The molecule has 0 spiro atoms. The molecule has 0 saturated heterocycles. The standard InChI is InChI=1S/C21H17BrN4O5S/c22-17-7-4-6-16(12-17)14-23-24-21(27)15-25(18-8-5-9-19(13-18)26(28)29)32(30,31)20-10-2-1-3-11-20/h1-14H,15H2,(H,24,27)/b23-14-. The number of rotatable bonds is 8. The second-order valence-electron chi connectivity index (χ2n) is 6.45. The summed E-state index contributed by atoms with van der Waals surface area (Å²) < 4.78 is 28.1. The van der Waals surface area contributed by atoms with Gasteiger partial charge in [-0.05, 0) is 35.9 Å². The summed E-state index contributed by atoms with van der Waals surface area (Å²) in [6, 6.07) is 19.7. The van der Waals surface area contributed by atoms with Crippen LogP contribution in [-0.2, 0) is 14.8 Å². The number of anilines is 1. The number of nitro benzene ring substituents is 1. The van der Waals surface area contributed by atoms with E-state index in [0.29, 0.717) is 5.56 Å². The van der Waals surface area contributed by atoms with Crippen LogP contribution in [-0.4, -0.2) is 32.0 Å². The smallest absolute Gasteiger partial charge is 0.271 e. The Labute approximate surface area is 192 Å². The van der Waals surface area contributed by atoms with Gasteiger partial charge in [-0.15, -0.1) is 0 Å². The fourth-order valence-corrected chi connectivity index (χ4v) is 4.58. The minimum Gasteiger partial charge on any atom is -0.271 e. The summed E-state index contributed by atoms with van der Waals surface area (Å²) in [6.45, 7) is -0.631. The molecule has 32 heavy (non-hydrogen) atoms. The summed E-state index contributed by atoms with van der Waals surface area (Å²) >= 11 is 3.33. The van der Waals surface area contributed by atoms with Crippen molar-refractivity contribution in [3.63, 3.8) is 0 Å². The third-order valence-corrected chi connectivity index (χ3v) is 6.48. The highest BCUT2D eigenvalue weighted by molar-refractivity contribution is 9.10. The van der Waals surface area contributed by atoms with Crippen LogP contribution in [0.5, 0.6) is 0 Å². The number of hydrogen-bond donors (Lipinski definition) is 1. The van der Waals surface area contributed by atoms with E-state index in [2.05, 4.69) is 26.5 Å². The van der Waals surface area contributed by atoms with Crippen LogP contribution in [0.3, 0.4) is 0 Å². The fourth-order valence-electron chi connectivity index (χ4n) is 2.73. The molecule has 0 fully saturated rings. The lowest BCUT2D eigenvalue weighted by Gasteiger charge is -2.23. The van der Waals surface area contributed by atoms with Crippen molar-refractivity contribution in [2.24, 2.45) is 5.10 Å². The highest BCUT2D eigenvalue weighted by atomic mass is 79.9. The van der Waals surface area contributed by atoms with Crippen molar-refractivity contribution in [3.8, 4) is 0 Å². The monoisotopic (exact) mass is 516 g/mol. The molecule has 0 atom stereocenters. The number of nitrogens with one attached hydrogen (secondary N) is 1. The molecule has 11 heteroatoms. The zero-order valence-electron chi connectivity index (χ0n) is 16.5. The van der Waals surface area contributed by atoms with Gasteiger partial charge in [-0.25, -0.2) is 13.8 Å². The fraction of sp³-hybridized carbons (Fsp3) is 0.0476.